The zero-order valence-corrected chi connectivity index (χ0v) is 18.3. The van der Waals surface area contributed by atoms with E-state index in [1.165, 1.54) is 5.56 Å². The number of carbonyl (C=O) groups is 2. The molecule has 1 N–H and O–H groups in total. The molecule has 0 aromatic heterocycles. The molecule has 3 aromatic carbocycles. The highest BCUT2D eigenvalue weighted by atomic mass is 35.5. The maximum absolute atomic E-state index is 12.6. The number of hydrogen-bond acceptors (Lipinski definition) is 3. The second kappa shape index (κ2) is 8.77. The van der Waals surface area contributed by atoms with Gasteiger partial charge in [-0.25, -0.2) is 0 Å². The van der Waals surface area contributed by atoms with Gasteiger partial charge in [0.1, 0.15) is 0 Å². The Labute approximate surface area is 192 Å². The van der Waals surface area contributed by atoms with Crippen LogP contribution in [0, 0.1) is 0 Å². The highest BCUT2D eigenvalue weighted by molar-refractivity contribution is 6.31. The van der Waals surface area contributed by atoms with Crippen LogP contribution in [0.2, 0.25) is 5.02 Å². The molecule has 2 amide bonds. The van der Waals surface area contributed by atoms with E-state index in [0.29, 0.717) is 24.6 Å². The fourth-order valence-electron chi connectivity index (χ4n) is 4.41. The molecular formula is C26H23ClN2O3. The fraction of sp³-hybridized carbons (Fsp3) is 0.231. The van der Waals surface area contributed by atoms with Crippen LogP contribution < -0.4 is 10.2 Å². The van der Waals surface area contributed by atoms with Crippen molar-refractivity contribution < 1.29 is 14.3 Å². The molecule has 2 aliphatic heterocycles. The molecule has 0 fully saturated rings. The van der Waals surface area contributed by atoms with E-state index >= 15 is 0 Å². The van der Waals surface area contributed by atoms with Crippen molar-refractivity contribution in [2.45, 2.75) is 31.9 Å². The second-order valence-electron chi connectivity index (χ2n) is 8.19. The van der Waals surface area contributed by atoms with Crippen molar-refractivity contribution in [1.29, 1.82) is 0 Å². The maximum Gasteiger partial charge on any atom is 0.231 e. The normalized spacial score (nSPS) is 17.1. The van der Waals surface area contributed by atoms with Gasteiger partial charge in [-0.05, 0) is 52.9 Å². The first kappa shape index (κ1) is 20.7. The van der Waals surface area contributed by atoms with Gasteiger partial charge in [0.2, 0.25) is 11.8 Å². The molecule has 0 spiro atoms. The zero-order chi connectivity index (χ0) is 22.1. The Hall–Kier alpha value is -3.15. The number of benzene rings is 3. The van der Waals surface area contributed by atoms with Crippen LogP contribution in [-0.4, -0.2) is 18.4 Å². The van der Waals surface area contributed by atoms with Gasteiger partial charge in [0, 0.05) is 16.4 Å². The summed E-state index contributed by atoms with van der Waals surface area (Å²) in [5, 5.41) is 3.57. The minimum Gasteiger partial charge on any atom is -0.373 e. The largest absolute Gasteiger partial charge is 0.373 e. The second-order valence-corrected chi connectivity index (χ2v) is 8.62. The van der Waals surface area contributed by atoms with E-state index in [0.717, 1.165) is 34.5 Å². The minimum absolute atomic E-state index is 0.0624. The molecule has 0 saturated carbocycles. The number of nitrogens with one attached hydrogen (secondary N) is 1. The van der Waals surface area contributed by atoms with Crippen LogP contribution in [0.4, 0.5) is 11.4 Å². The Morgan fingerprint density at radius 2 is 1.88 bits per heavy atom. The Morgan fingerprint density at radius 1 is 1.06 bits per heavy atom. The Balaban J connectivity index is 1.22. The number of ether oxygens (including phenoxy) is 1. The first-order valence-electron chi connectivity index (χ1n) is 10.7. The minimum atomic E-state index is -0.215. The summed E-state index contributed by atoms with van der Waals surface area (Å²) in [6.07, 6.45) is 1.34. The molecule has 1 unspecified atom stereocenters. The number of nitrogens with zero attached hydrogens (tertiary/aromatic N) is 1. The van der Waals surface area contributed by atoms with Crippen molar-refractivity contribution in [2.75, 3.05) is 16.8 Å². The van der Waals surface area contributed by atoms with Crippen molar-refractivity contribution in [3.8, 4) is 0 Å². The van der Waals surface area contributed by atoms with Crippen molar-refractivity contribution in [1.82, 2.24) is 0 Å². The third-order valence-corrected chi connectivity index (χ3v) is 6.26. The third kappa shape index (κ3) is 4.27. The number of carbonyl (C=O) groups excluding carboxylic acids is 2. The Bertz CT molecular complexity index is 1180. The molecule has 162 valence electrons. The lowest BCUT2D eigenvalue weighted by atomic mass is 9.95. The molecule has 32 heavy (non-hydrogen) atoms. The lowest BCUT2D eigenvalue weighted by Crippen LogP contribution is -2.26. The monoisotopic (exact) mass is 446 g/mol. The lowest BCUT2D eigenvalue weighted by Gasteiger charge is -2.25. The maximum atomic E-state index is 12.6. The molecular weight excluding hydrogens is 424 g/mol. The molecule has 5 nitrogen and oxygen atoms in total. The quantitative estimate of drug-likeness (QED) is 0.595. The van der Waals surface area contributed by atoms with Gasteiger partial charge >= 0.3 is 0 Å². The molecule has 2 heterocycles. The van der Waals surface area contributed by atoms with Crippen LogP contribution >= 0.6 is 11.6 Å². The van der Waals surface area contributed by atoms with Crippen molar-refractivity contribution in [3.05, 3.63) is 94.0 Å². The van der Waals surface area contributed by atoms with Gasteiger partial charge in [0.15, 0.2) is 0 Å². The summed E-state index contributed by atoms with van der Waals surface area (Å²) in [4.78, 5) is 26.8. The van der Waals surface area contributed by atoms with E-state index in [-0.39, 0.29) is 24.3 Å². The molecule has 3 aromatic rings. The van der Waals surface area contributed by atoms with Gasteiger partial charge in [0.25, 0.3) is 0 Å². The van der Waals surface area contributed by atoms with Crippen LogP contribution in [0.3, 0.4) is 0 Å². The van der Waals surface area contributed by atoms with Crippen LogP contribution in [0.1, 0.15) is 34.8 Å². The zero-order valence-electron chi connectivity index (χ0n) is 17.5. The van der Waals surface area contributed by atoms with Crippen LogP contribution in [0.25, 0.3) is 0 Å². The van der Waals surface area contributed by atoms with Gasteiger partial charge in [-0.1, -0.05) is 54.1 Å². The summed E-state index contributed by atoms with van der Waals surface area (Å²) in [7, 11) is 0. The average molecular weight is 447 g/mol. The average Bonchev–Trinajstić information content (AvgIpc) is 3.09. The first-order valence-corrected chi connectivity index (χ1v) is 11.1. The third-order valence-electron chi connectivity index (χ3n) is 6.02. The summed E-state index contributed by atoms with van der Waals surface area (Å²) >= 11 is 6.12. The van der Waals surface area contributed by atoms with Crippen molar-refractivity contribution in [2.24, 2.45) is 0 Å². The summed E-state index contributed by atoms with van der Waals surface area (Å²) in [6.45, 7) is 1.10. The fourth-order valence-corrected chi connectivity index (χ4v) is 4.57. The number of hydrogen-bond donors (Lipinski definition) is 1. The van der Waals surface area contributed by atoms with E-state index in [1.54, 1.807) is 4.90 Å². The number of halogens is 1. The number of amides is 2. The molecule has 0 bridgehead atoms. The van der Waals surface area contributed by atoms with Gasteiger partial charge < -0.3 is 15.0 Å². The van der Waals surface area contributed by atoms with Crippen LogP contribution in [-0.2, 0) is 33.7 Å². The summed E-state index contributed by atoms with van der Waals surface area (Å²) in [5.41, 5.74) is 5.91. The number of fused-ring (bicyclic) bond motifs is 2. The topological polar surface area (TPSA) is 58.6 Å². The van der Waals surface area contributed by atoms with E-state index in [4.69, 9.17) is 16.3 Å². The van der Waals surface area contributed by atoms with Crippen molar-refractivity contribution >= 4 is 34.8 Å². The van der Waals surface area contributed by atoms with Crippen LogP contribution in [0.15, 0.2) is 66.7 Å². The SMILES string of the molecule is O=C(CC1OCCc2ccccc21)Nc1ccc(CN2C(=O)Cc3ccc(Cl)cc32)cc1. The van der Waals surface area contributed by atoms with E-state index in [2.05, 4.69) is 11.4 Å². The summed E-state index contributed by atoms with van der Waals surface area (Å²) < 4.78 is 5.85. The standard InChI is InChI=1S/C26H23ClN2O3/c27-20-8-7-19-13-26(31)29(23(19)14-20)16-17-5-9-21(10-6-17)28-25(30)15-24-22-4-2-1-3-18(22)11-12-32-24/h1-10,14,24H,11-13,15-16H2,(H,28,30). The van der Waals surface area contributed by atoms with Gasteiger partial charge in [-0.2, -0.15) is 0 Å². The summed E-state index contributed by atoms with van der Waals surface area (Å²) in [5.74, 6) is -0.0230. The molecule has 0 saturated heterocycles. The molecule has 6 heteroatoms. The molecule has 0 radical (unpaired) electrons. The van der Waals surface area contributed by atoms with Gasteiger partial charge in [-0.15, -0.1) is 0 Å². The van der Waals surface area contributed by atoms with Gasteiger partial charge in [0.05, 0.1) is 32.1 Å². The van der Waals surface area contributed by atoms with Crippen molar-refractivity contribution in [3.63, 3.8) is 0 Å². The molecule has 2 aliphatic rings. The first-order chi connectivity index (χ1) is 15.6. The predicted octanol–water partition coefficient (Wildman–Crippen LogP) is 5.07. The predicted molar refractivity (Wildman–Crippen MR) is 125 cm³/mol. The number of anilines is 2. The van der Waals surface area contributed by atoms with E-state index in [9.17, 15) is 9.59 Å². The summed E-state index contributed by atoms with van der Waals surface area (Å²) in [6, 6.07) is 21.3. The Morgan fingerprint density at radius 3 is 2.72 bits per heavy atom. The molecule has 1 atom stereocenters. The highest BCUT2D eigenvalue weighted by Crippen LogP contribution is 2.33. The Kier molecular flexibility index (Phi) is 5.68. The van der Waals surface area contributed by atoms with E-state index < -0.39 is 0 Å². The van der Waals surface area contributed by atoms with Gasteiger partial charge in [-0.3, -0.25) is 9.59 Å². The highest BCUT2D eigenvalue weighted by Gasteiger charge is 2.27. The lowest BCUT2D eigenvalue weighted by molar-refractivity contribution is -0.119. The molecule has 0 aliphatic carbocycles. The van der Waals surface area contributed by atoms with Crippen LogP contribution in [0.5, 0.6) is 0 Å². The molecule has 5 rings (SSSR count). The smallest absolute Gasteiger partial charge is 0.231 e. The number of rotatable bonds is 5. The van der Waals surface area contributed by atoms with E-state index in [1.807, 2.05) is 60.7 Å².